The van der Waals surface area contributed by atoms with Crippen molar-refractivity contribution in [2.75, 3.05) is 17.4 Å². The van der Waals surface area contributed by atoms with Gasteiger partial charge in [0.25, 0.3) is 0 Å². The molecule has 0 bridgehead atoms. The van der Waals surface area contributed by atoms with Crippen LogP contribution in [0.2, 0.25) is 0 Å². The zero-order valence-electron chi connectivity index (χ0n) is 8.97. The molecule has 0 fully saturated rings. The summed E-state index contributed by atoms with van der Waals surface area (Å²) in [7, 11) is 0. The van der Waals surface area contributed by atoms with Gasteiger partial charge in [-0.2, -0.15) is 0 Å². The van der Waals surface area contributed by atoms with Gasteiger partial charge in [-0.05, 0) is 35.9 Å². The molecular formula is C9H13NO4S2-2. The van der Waals surface area contributed by atoms with Crippen molar-refractivity contribution in [2.24, 2.45) is 0 Å². The van der Waals surface area contributed by atoms with Gasteiger partial charge in [0.05, 0.1) is 5.88 Å². The van der Waals surface area contributed by atoms with Crippen LogP contribution in [0.5, 0.6) is 0 Å². The van der Waals surface area contributed by atoms with E-state index in [4.69, 9.17) is 8.76 Å². The fourth-order valence-corrected chi connectivity index (χ4v) is 1.18. The second-order valence-electron chi connectivity index (χ2n) is 2.84. The molecule has 92 valence electrons. The summed E-state index contributed by atoms with van der Waals surface area (Å²) in [6.07, 6.45) is 1.08. The van der Waals surface area contributed by atoms with Gasteiger partial charge >= 0.3 is 0 Å². The Morgan fingerprint density at radius 3 is 2.19 bits per heavy atom. The second kappa shape index (κ2) is 8.40. The van der Waals surface area contributed by atoms with Crippen molar-refractivity contribution < 1.29 is 17.5 Å². The number of rotatable bonds is 3. The van der Waals surface area contributed by atoms with Crippen molar-refractivity contribution in [1.29, 1.82) is 0 Å². The molecule has 1 aromatic rings. The zero-order chi connectivity index (χ0) is 12.6. The molecule has 2 atom stereocenters. The summed E-state index contributed by atoms with van der Waals surface area (Å²) in [6.45, 7) is 1.93. The zero-order valence-corrected chi connectivity index (χ0v) is 10.6. The van der Waals surface area contributed by atoms with Gasteiger partial charge in [-0.25, -0.2) is 0 Å². The van der Waals surface area contributed by atoms with Gasteiger partial charge in [0, 0.05) is 5.69 Å². The smallest absolute Gasteiger partial charge is 0.0777 e. The number of nitrogens with one attached hydrogen (secondary N) is 1. The SMILES string of the molecule is CS(=O)[O-].Cc1ccccc1NCS(=O)[O-]. The molecule has 0 saturated heterocycles. The Morgan fingerprint density at radius 1 is 1.25 bits per heavy atom. The van der Waals surface area contributed by atoms with Crippen LogP contribution in [0.15, 0.2) is 24.3 Å². The molecular weight excluding hydrogens is 250 g/mol. The number of aryl methyl sites for hydroxylation is 1. The van der Waals surface area contributed by atoms with E-state index in [2.05, 4.69) is 5.32 Å². The highest BCUT2D eigenvalue weighted by Gasteiger charge is 1.93. The van der Waals surface area contributed by atoms with Gasteiger partial charge in [-0.3, -0.25) is 8.42 Å². The summed E-state index contributed by atoms with van der Waals surface area (Å²) in [5, 5.41) is 2.80. The van der Waals surface area contributed by atoms with Crippen LogP contribution in [0.25, 0.3) is 0 Å². The van der Waals surface area contributed by atoms with Gasteiger partial charge in [0.2, 0.25) is 0 Å². The third kappa shape index (κ3) is 8.54. The van der Waals surface area contributed by atoms with Crippen LogP contribution in [0, 0.1) is 6.92 Å². The molecule has 7 heteroatoms. The third-order valence-electron chi connectivity index (χ3n) is 1.53. The average molecular weight is 263 g/mol. The minimum Gasteiger partial charge on any atom is -0.773 e. The molecule has 1 rings (SSSR count). The summed E-state index contributed by atoms with van der Waals surface area (Å²) in [5.41, 5.74) is 1.91. The summed E-state index contributed by atoms with van der Waals surface area (Å²) < 4.78 is 38.4. The first-order valence-electron chi connectivity index (χ1n) is 4.29. The maximum absolute atomic E-state index is 10.2. The van der Waals surface area contributed by atoms with E-state index in [1.165, 1.54) is 0 Å². The highest BCUT2D eigenvalue weighted by molar-refractivity contribution is 7.79. The molecule has 0 aliphatic rings. The highest BCUT2D eigenvalue weighted by Crippen LogP contribution is 2.12. The van der Waals surface area contributed by atoms with Crippen LogP contribution < -0.4 is 5.32 Å². The molecule has 1 aromatic carbocycles. The molecule has 2 unspecified atom stereocenters. The first kappa shape index (κ1) is 15.2. The monoisotopic (exact) mass is 263 g/mol. The normalized spacial score (nSPS) is 13.2. The molecule has 0 aliphatic heterocycles. The Balaban J connectivity index is 0.000000487. The molecule has 0 aromatic heterocycles. The molecule has 0 amide bonds. The Kier molecular flexibility index (Phi) is 8.00. The topological polar surface area (TPSA) is 92.3 Å². The number of hydrogen-bond acceptors (Lipinski definition) is 5. The Bertz CT molecular complexity index is 366. The lowest BCUT2D eigenvalue weighted by Crippen LogP contribution is -2.07. The minimum absolute atomic E-state index is 0.0369. The summed E-state index contributed by atoms with van der Waals surface area (Å²) in [6, 6.07) is 7.55. The molecule has 5 nitrogen and oxygen atoms in total. The van der Waals surface area contributed by atoms with Crippen LogP contribution in [-0.2, 0) is 22.2 Å². The largest absolute Gasteiger partial charge is 0.773 e. The van der Waals surface area contributed by atoms with Crippen LogP contribution >= 0.6 is 0 Å². The fraction of sp³-hybridized carbons (Fsp3) is 0.333. The number of hydrogen-bond donors (Lipinski definition) is 1. The summed E-state index contributed by atoms with van der Waals surface area (Å²) in [4.78, 5) is 0. The standard InChI is InChI=1S/C8H11NO2S.CH4O2S/c1-7-4-2-3-5-8(7)9-6-12(10)11;1-4(2)3/h2-5,9H,6H2,1H3,(H,10,11);1H3,(H,2,3)/p-2. The molecule has 0 radical (unpaired) electrons. The van der Waals surface area contributed by atoms with E-state index in [1.807, 2.05) is 31.2 Å². The predicted octanol–water partition coefficient (Wildman–Crippen LogP) is 0.739. The molecule has 0 saturated carbocycles. The van der Waals surface area contributed by atoms with Crippen LogP contribution in [0.1, 0.15) is 5.56 Å². The molecule has 0 heterocycles. The Morgan fingerprint density at radius 2 is 1.75 bits per heavy atom. The first-order chi connectivity index (χ1) is 7.43. The summed E-state index contributed by atoms with van der Waals surface area (Å²) in [5.74, 6) is -0.0369. The highest BCUT2D eigenvalue weighted by atomic mass is 32.2. The van der Waals surface area contributed by atoms with Gasteiger partial charge in [0.1, 0.15) is 0 Å². The fourth-order valence-electron chi connectivity index (χ4n) is 0.908. The van der Waals surface area contributed by atoms with Crippen molar-refractivity contribution in [1.82, 2.24) is 0 Å². The lowest BCUT2D eigenvalue weighted by atomic mass is 10.2. The Hall–Kier alpha value is -0.760. The van der Waals surface area contributed by atoms with Gasteiger partial charge in [-0.15, -0.1) is 0 Å². The van der Waals surface area contributed by atoms with Crippen molar-refractivity contribution in [3.05, 3.63) is 29.8 Å². The van der Waals surface area contributed by atoms with Crippen LogP contribution in [-0.4, -0.2) is 29.7 Å². The number of para-hydroxylation sites is 1. The van der Waals surface area contributed by atoms with Crippen molar-refractivity contribution in [3.8, 4) is 0 Å². The van der Waals surface area contributed by atoms with E-state index in [-0.39, 0.29) is 5.88 Å². The second-order valence-corrected chi connectivity index (χ2v) is 4.54. The minimum atomic E-state index is -2.04. The molecule has 0 spiro atoms. The maximum atomic E-state index is 10.2. The maximum Gasteiger partial charge on any atom is 0.0777 e. The van der Waals surface area contributed by atoms with Crippen molar-refractivity contribution in [3.63, 3.8) is 0 Å². The van der Waals surface area contributed by atoms with Crippen LogP contribution in [0.3, 0.4) is 0 Å². The lowest BCUT2D eigenvalue weighted by Gasteiger charge is -2.10. The third-order valence-corrected chi connectivity index (χ3v) is 1.91. The van der Waals surface area contributed by atoms with E-state index in [9.17, 15) is 8.76 Å². The van der Waals surface area contributed by atoms with Crippen molar-refractivity contribution in [2.45, 2.75) is 6.92 Å². The van der Waals surface area contributed by atoms with E-state index < -0.39 is 22.2 Å². The van der Waals surface area contributed by atoms with E-state index >= 15 is 0 Å². The van der Waals surface area contributed by atoms with Crippen LogP contribution in [0.4, 0.5) is 5.69 Å². The first-order valence-corrected chi connectivity index (χ1v) is 7.02. The van der Waals surface area contributed by atoms with Gasteiger partial charge < -0.3 is 14.4 Å². The molecule has 0 aliphatic carbocycles. The molecule has 16 heavy (non-hydrogen) atoms. The lowest BCUT2D eigenvalue weighted by molar-refractivity contribution is 0.538. The molecule has 1 N–H and O–H groups in total. The predicted molar refractivity (Wildman–Crippen MR) is 63.4 cm³/mol. The van der Waals surface area contributed by atoms with Gasteiger partial charge in [0.15, 0.2) is 0 Å². The summed E-state index contributed by atoms with van der Waals surface area (Å²) >= 11 is -3.90. The van der Waals surface area contributed by atoms with Gasteiger partial charge in [-0.1, -0.05) is 29.3 Å². The quantitative estimate of drug-likeness (QED) is 0.812. The van der Waals surface area contributed by atoms with E-state index in [0.717, 1.165) is 17.5 Å². The average Bonchev–Trinajstić information content (AvgIpc) is 2.15. The van der Waals surface area contributed by atoms with Crippen molar-refractivity contribution >= 4 is 27.8 Å². The number of benzene rings is 1. The Labute approximate surface area is 99.8 Å². The van der Waals surface area contributed by atoms with E-state index in [1.54, 1.807) is 0 Å². The van der Waals surface area contributed by atoms with E-state index in [0.29, 0.717) is 0 Å². The number of anilines is 1.